The summed E-state index contributed by atoms with van der Waals surface area (Å²) in [6.07, 6.45) is 3.87. The SMILES string of the molecule is O=C(/C=C/c1ccc(F)c(F)c1)Nc1ccc2c(c1)C=CS(=O)(=O)O2. The Kier molecular flexibility index (Phi) is 4.37. The Balaban J connectivity index is 1.71. The molecule has 0 fully saturated rings. The molecule has 8 heteroatoms. The van der Waals surface area contributed by atoms with Gasteiger partial charge >= 0.3 is 10.1 Å². The molecule has 128 valence electrons. The molecule has 0 atom stereocenters. The molecule has 0 aromatic heterocycles. The molecule has 0 spiro atoms. The maximum Gasteiger partial charge on any atom is 0.332 e. The number of anilines is 1. The molecule has 1 N–H and O–H groups in total. The number of fused-ring (bicyclic) bond motifs is 1. The average molecular weight is 363 g/mol. The highest BCUT2D eigenvalue weighted by Crippen LogP contribution is 2.29. The van der Waals surface area contributed by atoms with Gasteiger partial charge in [0.2, 0.25) is 5.91 Å². The van der Waals surface area contributed by atoms with E-state index in [1.807, 2.05) is 0 Å². The van der Waals surface area contributed by atoms with Crippen molar-refractivity contribution >= 4 is 33.9 Å². The molecule has 2 aromatic carbocycles. The van der Waals surface area contributed by atoms with E-state index in [1.165, 1.54) is 36.4 Å². The van der Waals surface area contributed by atoms with E-state index in [4.69, 9.17) is 4.18 Å². The van der Waals surface area contributed by atoms with Gasteiger partial charge in [-0.3, -0.25) is 4.79 Å². The number of hydrogen-bond donors (Lipinski definition) is 1. The van der Waals surface area contributed by atoms with Gasteiger partial charge in [-0.25, -0.2) is 8.78 Å². The normalized spacial score (nSPS) is 14.8. The van der Waals surface area contributed by atoms with Crippen molar-refractivity contribution in [2.75, 3.05) is 5.32 Å². The van der Waals surface area contributed by atoms with Gasteiger partial charge in [0.05, 0.1) is 5.41 Å². The number of nitrogens with one attached hydrogen (secondary N) is 1. The van der Waals surface area contributed by atoms with E-state index >= 15 is 0 Å². The maximum absolute atomic E-state index is 13.1. The van der Waals surface area contributed by atoms with E-state index < -0.39 is 27.7 Å². The summed E-state index contributed by atoms with van der Waals surface area (Å²) in [6.45, 7) is 0. The summed E-state index contributed by atoms with van der Waals surface area (Å²) in [5, 5.41) is 3.50. The second-order valence-electron chi connectivity index (χ2n) is 5.13. The van der Waals surface area contributed by atoms with Gasteiger partial charge < -0.3 is 9.50 Å². The van der Waals surface area contributed by atoms with Crippen LogP contribution in [-0.2, 0) is 14.9 Å². The lowest BCUT2D eigenvalue weighted by atomic mass is 10.1. The first-order chi connectivity index (χ1) is 11.8. The molecule has 0 saturated carbocycles. The van der Waals surface area contributed by atoms with Crippen LogP contribution in [0.15, 0.2) is 47.9 Å². The quantitative estimate of drug-likeness (QED) is 0.671. The van der Waals surface area contributed by atoms with Crippen LogP contribution in [0.2, 0.25) is 0 Å². The molecule has 0 radical (unpaired) electrons. The maximum atomic E-state index is 13.1. The van der Waals surface area contributed by atoms with E-state index in [2.05, 4.69) is 5.32 Å². The fraction of sp³-hybridized carbons (Fsp3) is 0. The van der Waals surface area contributed by atoms with Crippen LogP contribution in [0.25, 0.3) is 12.2 Å². The zero-order chi connectivity index (χ0) is 18.0. The van der Waals surface area contributed by atoms with E-state index in [0.717, 1.165) is 17.5 Å². The van der Waals surface area contributed by atoms with Gasteiger partial charge in [0, 0.05) is 17.3 Å². The first-order valence-electron chi connectivity index (χ1n) is 7.03. The van der Waals surface area contributed by atoms with E-state index in [9.17, 15) is 22.0 Å². The third-order valence-corrected chi connectivity index (χ3v) is 4.15. The minimum absolute atomic E-state index is 0.165. The standard InChI is InChI=1S/C17H11F2NO4S/c18-14-4-1-11(9-15(14)19)2-6-17(21)20-13-3-5-16-12(10-13)7-8-25(22,23)24-16/h1-10H,(H,20,21)/b6-2+. The summed E-state index contributed by atoms with van der Waals surface area (Å²) in [7, 11) is -3.71. The van der Waals surface area contributed by atoms with Crippen LogP contribution in [-0.4, -0.2) is 14.3 Å². The summed E-state index contributed by atoms with van der Waals surface area (Å²) in [4.78, 5) is 11.9. The number of amides is 1. The summed E-state index contributed by atoms with van der Waals surface area (Å²) in [5.74, 6) is -2.29. The molecule has 1 heterocycles. The fourth-order valence-electron chi connectivity index (χ4n) is 2.11. The number of benzene rings is 2. The zero-order valence-electron chi connectivity index (χ0n) is 12.6. The summed E-state index contributed by atoms with van der Waals surface area (Å²) in [5.41, 5.74) is 1.25. The minimum atomic E-state index is -3.71. The highest BCUT2D eigenvalue weighted by molar-refractivity contribution is 7.90. The number of halogens is 2. The molecule has 3 rings (SSSR count). The molecule has 1 amide bonds. The Bertz CT molecular complexity index is 1010. The summed E-state index contributed by atoms with van der Waals surface area (Å²) >= 11 is 0. The van der Waals surface area contributed by atoms with Gasteiger partial charge in [0.15, 0.2) is 11.6 Å². The molecule has 5 nitrogen and oxygen atoms in total. The van der Waals surface area contributed by atoms with Crippen LogP contribution in [0, 0.1) is 11.6 Å². The highest BCUT2D eigenvalue weighted by Gasteiger charge is 2.17. The van der Waals surface area contributed by atoms with Gasteiger partial charge in [-0.15, -0.1) is 0 Å². The second kappa shape index (κ2) is 6.48. The topological polar surface area (TPSA) is 72.5 Å². The zero-order valence-corrected chi connectivity index (χ0v) is 13.4. The second-order valence-corrected chi connectivity index (χ2v) is 6.55. The summed E-state index contributed by atoms with van der Waals surface area (Å²) in [6, 6.07) is 7.73. The Morgan fingerprint density at radius 3 is 2.64 bits per heavy atom. The Hall–Kier alpha value is -3.00. The van der Waals surface area contributed by atoms with Crippen molar-refractivity contribution < 1.29 is 26.2 Å². The van der Waals surface area contributed by atoms with Gasteiger partial charge in [0.1, 0.15) is 5.75 Å². The van der Waals surface area contributed by atoms with Gasteiger partial charge in [0.25, 0.3) is 0 Å². The molecular formula is C17H11F2NO4S. The third-order valence-electron chi connectivity index (χ3n) is 3.27. The fourth-order valence-corrected chi connectivity index (χ4v) is 2.88. The molecule has 0 aliphatic carbocycles. The first kappa shape index (κ1) is 16.8. The van der Waals surface area contributed by atoms with Crippen LogP contribution in [0.5, 0.6) is 5.75 Å². The van der Waals surface area contributed by atoms with Crippen molar-refractivity contribution in [2.24, 2.45) is 0 Å². The molecule has 1 aliphatic heterocycles. The number of carbonyl (C=O) groups excluding carboxylic acids is 1. The Morgan fingerprint density at radius 2 is 1.88 bits per heavy atom. The first-order valence-corrected chi connectivity index (χ1v) is 8.50. The molecule has 25 heavy (non-hydrogen) atoms. The lowest BCUT2D eigenvalue weighted by Crippen LogP contribution is -2.11. The van der Waals surface area contributed by atoms with E-state index in [1.54, 1.807) is 6.07 Å². The number of hydrogen-bond acceptors (Lipinski definition) is 4. The molecule has 0 saturated heterocycles. The van der Waals surface area contributed by atoms with Crippen molar-refractivity contribution in [3.8, 4) is 5.75 Å². The smallest absolute Gasteiger partial charge is 0.332 e. The third kappa shape index (κ3) is 4.10. The molecule has 2 aromatic rings. The van der Waals surface area contributed by atoms with Crippen molar-refractivity contribution in [3.05, 3.63) is 70.6 Å². The Morgan fingerprint density at radius 1 is 1.08 bits per heavy atom. The molecule has 0 unspecified atom stereocenters. The van der Waals surface area contributed by atoms with Crippen LogP contribution >= 0.6 is 0 Å². The molecular weight excluding hydrogens is 352 g/mol. The predicted octanol–water partition coefficient (Wildman–Crippen LogP) is 3.31. The lowest BCUT2D eigenvalue weighted by Gasteiger charge is -2.13. The average Bonchev–Trinajstić information content (AvgIpc) is 2.55. The molecule has 0 bridgehead atoms. The highest BCUT2D eigenvalue weighted by atomic mass is 32.2. The monoisotopic (exact) mass is 363 g/mol. The number of rotatable bonds is 3. The van der Waals surface area contributed by atoms with Crippen LogP contribution < -0.4 is 9.50 Å². The van der Waals surface area contributed by atoms with E-state index in [-0.39, 0.29) is 5.75 Å². The number of carbonyl (C=O) groups is 1. The van der Waals surface area contributed by atoms with Crippen molar-refractivity contribution in [3.63, 3.8) is 0 Å². The minimum Gasteiger partial charge on any atom is -0.379 e. The van der Waals surface area contributed by atoms with Crippen LogP contribution in [0.3, 0.4) is 0 Å². The van der Waals surface area contributed by atoms with Gasteiger partial charge in [-0.1, -0.05) is 6.07 Å². The van der Waals surface area contributed by atoms with Gasteiger partial charge in [-0.2, -0.15) is 8.42 Å². The van der Waals surface area contributed by atoms with Crippen molar-refractivity contribution in [2.45, 2.75) is 0 Å². The van der Waals surface area contributed by atoms with Crippen LogP contribution in [0.1, 0.15) is 11.1 Å². The van der Waals surface area contributed by atoms with Crippen LogP contribution in [0.4, 0.5) is 14.5 Å². The predicted molar refractivity (Wildman–Crippen MR) is 89.0 cm³/mol. The molecule has 1 aliphatic rings. The van der Waals surface area contributed by atoms with Gasteiger partial charge in [-0.05, 0) is 48.0 Å². The van der Waals surface area contributed by atoms with Crippen molar-refractivity contribution in [1.29, 1.82) is 0 Å². The summed E-state index contributed by atoms with van der Waals surface area (Å²) < 4.78 is 53.3. The van der Waals surface area contributed by atoms with E-state index in [0.29, 0.717) is 16.8 Å². The van der Waals surface area contributed by atoms with Crippen molar-refractivity contribution in [1.82, 2.24) is 0 Å². The lowest BCUT2D eigenvalue weighted by molar-refractivity contribution is -0.111. The largest absolute Gasteiger partial charge is 0.379 e. The Labute approximate surface area is 142 Å².